The van der Waals surface area contributed by atoms with Crippen LogP contribution in [0.1, 0.15) is 34.9 Å². The van der Waals surface area contributed by atoms with Gasteiger partial charge in [0.2, 0.25) is 11.9 Å². The van der Waals surface area contributed by atoms with Gasteiger partial charge in [-0.25, -0.2) is 9.97 Å². The number of ether oxygens (including phenoxy) is 2. The Kier molecular flexibility index (Phi) is 5.48. The molecule has 1 aromatic heterocycles. The fraction of sp³-hybridized carbons (Fsp3) is 0.450. The number of likely N-dealkylation sites (tertiary alicyclic amines) is 1. The third-order valence-corrected chi connectivity index (χ3v) is 5.18. The molecule has 144 valence electrons. The Hall–Kier alpha value is -2.83. The molecule has 2 aromatic rings. The first kappa shape index (κ1) is 18.9. The second kappa shape index (κ2) is 7.82. The first-order valence-electron chi connectivity index (χ1n) is 9.02. The number of methoxy groups -OCH3 is 2. The highest BCUT2D eigenvalue weighted by molar-refractivity contribution is 5.79. The molecule has 0 unspecified atom stereocenters. The fourth-order valence-corrected chi connectivity index (χ4v) is 3.68. The number of carbonyl (C=O) groups is 1. The predicted molar refractivity (Wildman–Crippen MR) is 103 cm³/mol. The number of benzene rings is 1. The van der Waals surface area contributed by atoms with Crippen LogP contribution in [-0.2, 0) is 11.2 Å². The standard InChI is InChI=1S/C20H26N4O3/c1-12-16(13(2)23-20(21)22-12)10-19(25)24-8-7-14(11-24)17-9-15(26-3)5-6-18(17)27-4/h5-6,9,14H,7-8,10-11H2,1-4H3,(H2,21,22,23)/t14-/m0/s1. The Labute approximate surface area is 159 Å². The molecule has 7 nitrogen and oxygen atoms in total. The molecule has 27 heavy (non-hydrogen) atoms. The van der Waals surface area contributed by atoms with Crippen molar-refractivity contribution >= 4 is 11.9 Å². The van der Waals surface area contributed by atoms with Gasteiger partial charge in [0.15, 0.2) is 0 Å². The molecule has 0 spiro atoms. The van der Waals surface area contributed by atoms with Crippen LogP contribution in [0, 0.1) is 13.8 Å². The lowest BCUT2D eigenvalue weighted by Crippen LogP contribution is -2.30. The second-order valence-corrected chi connectivity index (χ2v) is 6.84. The summed E-state index contributed by atoms with van der Waals surface area (Å²) < 4.78 is 10.8. The van der Waals surface area contributed by atoms with Gasteiger partial charge in [0, 0.05) is 41.5 Å². The first-order chi connectivity index (χ1) is 12.9. The maximum absolute atomic E-state index is 12.8. The van der Waals surface area contributed by atoms with Crippen LogP contribution >= 0.6 is 0 Å². The van der Waals surface area contributed by atoms with Gasteiger partial charge in [-0.3, -0.25) is 4.79 Å². The molecule has 1 saturated heterocycles. The number of aryl methyl sites for hydroxylation is 2. The molecule has 7 heteroatoms. The van der Waals surface area contributed by atoms with Gasteiger partial charge in [0.25, 0.3) is 0 Å². The Morgan fingerprint density at radius 2 is 1.93 bits per heavy atom. The van der Waals surface area contributed by atoms with E-state index >= 15 is 0 Å². The number of hydrogen-bond donors (Lipinski definition) is 1. The van der Waals surface area contributed by atoms with E-state index < -0.39 is 0 Å². The maximum Gasteiger partial charge on any atom is 0.227 e. The zero-order valence-electron chi connectivity index (χ0n) is 16.3. The van der Waals surface area contributed by atoms with Gasteiger partial charge in [-0.15, -0.1) is 0 Å². The van der Waals surface area contributed by atoms with E-state index in [0.717, 1.165) is 47.0 Å². The van der Waals surface area contributed by atoms with Crippen molar-refractivity contribution in [1.29, 1.82) is 0 Å². The van der Waals surface area contributed by atoms with Crippen LogP contribution in [0.3, 0.4) is 0 Å². The third kappa shape index (κ3) is 3.97. The number of nitrogen functional groups attached to an aromatic ring is 1. The topological polar surface area (TPSA) is 90.6 Å². The fourth-order valence-electron chi connectivity index (χ4n) is 3.68. The number of nitrogens with zero attached hydrogens (tertiary/aromatic N) is 3. The Bertz CT molecular complexity index is 830. The zero-order chi connectivity index (χ0) is 19.6. The average Bonchev–Trinajstić information content (AvgIpc) is 3.14. The lowest BCUT2D eigenvalue weighted by molar-refractivity contribution is -0.129. The van der Waals surface area contributed by atoms with E-state index in [1.165, 1.54) is 0 Å². The smallest absolute Gasteiger partial charge is 0.227 e. The molecule has 2 N–H and O–H groups in total. The zero-order valence-corrected chi connectivity index (χ0v) is 16.3. The van der Waals surface area contributed by atoms with Gasteiger partial charge in [0.1, 0.15) is 11.5 Å². The number of rotatable bonds is 5. The summed E-state index contributed by atoms with van der Waals surface area (Å²) in [7, 11) is 3.31. The first-order valence-corrected chi connectivity index (χ1v) is 9.02. The van der Waals surface area contributed by atoms with Gasteiger partial charge in [-0.2, -0.15) is 0 Å². The highest BCUT2D eigenvalue weighted by Crippen LogP contribution is 2.36. The van der Waals surface area contributed by atoms with Crippen molar-refractivity contribution in [3.63, 3.8) is 0 Å². The molecule has 2 heterocycles. The highest BCUT2D eigenvalue weighted by atomic mass is 16.5. The van der Waals surface area contributed by atoms with E-state index in [1.54, 1.807) is 14.2 Å². The molecule has 0 aliphatic carbocycles. The van der Waals surface area contributed by atoms with Crippen molar-refractivity contribution in [2.75, 3.05) is 33.0 Å². The van der Waals surface area contributed by atoms with Crippen molar-refractivity contribution in [3.05, 3.63) is 40.7 Å². The molecular formula is C20H26N4O3. The van der Waals surface area contributed by atoms with Gasteiger partial charge in [-0.05, 0) is 38.5 Å². The molecule has 1 aliphatic rings. The minimum atomic E-state index is 0.0823. The number of aromatic nitrogens is 2. The summed E-state index contributed by atoms with van der Waals surface area (Å²) >= 11 is 0. The molecule has 1 aromatic carbocycles. The van der Waals surface area contributed by atoms with Crippen LogP contribution in [0.25, 0.3) is 0 Å². The average molecular weight is 370 g/mol. The summed E-state index contributed by atoms with van der Waals surface area (Å²) in [6, 6.07) is 5.80. The molecular weight excluding hydrogens is 344 g/mol. The highest BCUT2D eigenvalue weighted by Gasteiger charge is 2.30. The molecule has 0 saturated carbocycles. The van der Waals surface area contributed by atoms with E-state index in [2.05, 4.69) is 9.97 Å². The summed E-state index contributed by atoms with van der Waals surface area (Å²) in [5.74, 6) is 2.17. The van der Waals surface area contributed by atoms with Crippen LogP contribution < -0.4 is 15.2 Å². The van der Waals surface area contributed by atoms with Crippen LogP contribution in [0.4, 0.5) is 5.95 Å². The summed E-state index contributed by atoms with van der Waals surface area (Å²) in [6.07, 6.45) is 1.19. The predicted octanol–water partition coefficient (Wildman–Crippen LogP) is 2.25. The lowest BCUT2D eigenvalue weighted by atomic mass is 9.97. The van der Waals surface area contributed by atoms with E-state index in [0.29, 0.717) is 13.0 Å². The molecule has 0 bridgehead atoms. The minimum Gasteiger partial charge on any atom is -0.497 e. The minimum absolute atomic E-state index is 0.0823. The number of nitrogens with two attached hydrogens (primary N) is 1. The van der Waals surface area contributed by atoms with E-state index in [9.17, 15) is 4.79 Å². The summed E-state index contributed by atoms with van der Waals surface area (Å²) in [4.78, 5) is 23.1. The third-order valence-electron chi connectivity index (χ3n) is 5.18. The van der Waals surface area contributed by atoms with Gasteiger partial charge in [0.05, 0.1) is 20.6 Å². The number of carbonyl (C=O) groups excluding carboxylic acids is 1. The van der Waals surface area contributed by atoms with E-state index in [4.69, 9.17) is 15.2 Å². The normalized spacial score (nSPS) is 16.4. The van der Waals surface area contributed by atoms with E-state index in [-0.39, 0.29) is 17.8 Å². The second-order valence-electron chi connectivity index (χ2n) is 6.84. The van der Waals surface area contributed by atoms with Crippen LogP contribution in [0.5, 0.6) is 11.5 Å². The van der Waals surface area contributed by atoms with Crippen molar-refractivity contribution in [2.45, 2.75) is 32.6 Å². The molecule has 3 rings (SSSR count). The summed E-state index contributed by atoms with van der Waals surface area (Å²) in [6.45, 7) is 5.11. The molecule has 1 fully saturated rings. The number of amides is 1. The molecule has 1 amide bonds. The Morgan fingerprint density at radius 3 is 2.56 bits per heavy atom. The molecule has 1 atom stereocenters. The number of hydrogen-bond acceptors (Lipinski definition) is 6. The molecule has 0 radical (unpaired) electrons. The summed E-state index contributed by atoms with van der Waals surface area (Å²) in [5, 5.41) is 0. The van der Waals surface area contributed by atoms with Crippen LogP contribution in [0.2, 0.25) is 0 Å². The maximum atomic E-state index is 12.8. The Morgan fingerprint density at radius 1 is 1.22 bits per heavy atom. The van der Waals surface area contributed by atoms with Gasteiger partial charge in [-0.1, -0.05) is 0 Å². The summed E-state index contributed by atoms with van der Waals surface area (Å²) in [5.41, 5.74) is 9.14. The monoisotopic (exact) mass is 370 g/mol. The van der Waals surface area contributed by atoms with Crippen LogP contribution in [-0.4, -0.2) is 48.1 Å². The van der Waals surface area contributed by atoms with Crippen molar-refractivity contribution in [1.82, 2.24) is 14.9 Å². The number of anilines is 1. The van der Waals surface area contributed by atoms with Crippen molar-refractivity contribution in [2.24, 2.45) is 0 Å². The van der Waals surface area contributed by atoms with Gasteiger partial charge < -0.3 is 20.1 Å². The van der Waals surface area contributed by atoms with Gasteiger partial charge >= 0.3 is 0 Å². The molecule has 1 aliphatic heterocycles. The Balaban J connectivity index is 1.74. The SMILES string of the molecule is COc1ccc(OC)c([C@H]2CCN(C(=O)Cc3c(C)nc(N)nc3C)C2)c1. The lowest BCUT2D eigenvalue weighted by Gasteiger charge is -2.19. The van der Waals surface area contributed by atoms with E-state index in [1.807, 2.05) is 36.9 Å². The van der Waals surface area contributed by atoms with Crippen molar-refractivity contribution in [3.8, 4) is 11.5 Å². The van der Waals surface area contributed by atoms with Crippen LogP contribution in [0.15, 0.2) is 18.2 Å². The largest absolute Gasteiger partial charge is 0.497 e. The quantitative estimate of drug-likeness (QED) is 0.868. The van der Waals surface area contributed by atoms with Crippen molar-refractivity contribution < 1.29 is 14.3 Å².